The number of anilines is 1. The Morgan fingerprint density at radius 3 is 2.40 bits per heavy atom. The Hall–Kier alpha value is -0.980. The Bertz CT molecular complexity index is 273. The molecule has 0 amide bonds. The van der Waals surface area contributed by atoms with Crippen LogP contribution in [0.4, 0.5) is 5.69 Å². The molecule has 0 aliphatic carbocycles. The molecule has 1 saturated heterocycles. The van der Waals surface area contributed by atoms with Gasteiger partial charge in [-0.3, -0.25) is 0 Å². The number of hydrogen-bond acceptors (Lipinski definition) is 1. The molecule has 0 bridgehead atoms. The lowest BCUT2D eigenvalue weighted by Crippen LogP contribution is -2.33. The molecule has 1 aromatic carbocycles. The van der Waals surface area contributed by atoms with Crippen LogP contribution < -0.4 is 4.90 Å². The third-order valence-corrected chi connectivity index (χ3v) is 3.43. The summed E-state index contributed by atoms with van der Waals surface area (Å²) in [6.07, 6.45) is 5.52. The lowest BCUT2D eigenvalue weighted by Gasteiger charge is -2.33. The van der Waals surface area contributed by atoms with E-state index in [0.29, 0.717) is 0 Å². The van der Waals surface area contributed by atoms with E-state index in [0.717, 1.165) is 5.92 Å². The fourth-order valence-corrected chi connectivity index (χ4v) is 2.53. The van der Waals surface area contributed by atoms with Crippen molar-refractivity contribution in [2.24, 2.45) is 5.92 Å². The minimum Gasteiger partial charge on any atom is -0.372 e. The van der Waals surface area contributed by atoms with Gasteiger partial charge in [0.05, 0.1) is 0 Å². The summed E-state index contributed by atoms with van der Waals surface area (Å²) in [6.45, 7) is 4.78. The Balaban J connectivity index is 1.88. The molecule has 0 unspecified atom stereocenters. The van der Waals surface area contributed by atoms with Crippen molar-refractivity contribution >= 4 is 5.69 Å². The number of para-hydroxylation sites is 1. The van der Waals surface area contributed by atoms with E-state index in [-0.39, 0.29) is 0 Å². The van der Waals surface area contributed by atoms with Gasteiger partial charge >= 0.3 is 0 Å². The predicted molar refractivity (Wildman–Crippen MR) is 66.3 cm³/mol. The molecule has 2 rings (SSSR count). The molecule has 1 fully saturated rings. The lowest BCUT2D eigenvalue weighted by molar-refractivity contribution is 0.378. The third kappa shape index (κ3) is 2.74. The monoisotopic (exact) mass is 203 g/mol. The maximum absolute atomic E-state index is 2.52. The van der Waals surface area contributed by atoms with Crippen LogP contribution in [0.3, 0.4) is 0 Å². The summed E-state index contributed by atoms with van der Waals surface area (Å²) < 4.78 is 0. The van der Waals surface area contributed by atoms with Gasteiger partial charge in [0.2, 0.25) is 0 Å². The second kappa shape index (κ2) is 5.20. The van der Waals surface area contributed by atoms with Gasteiger partial charge in [-0.2, -0.15) is 0 Å². The van der Waals surface area contributed by atoms with Crippen molar-refractivity contribution < 1.29 is 0 Å². The van der Waals surface area contributed by atoms with Gasteiger partial charge in [-0.15, -0.1) is 0 Å². The van der Waals surface area contributed by atoms with Crippen LogP contribution >= 0.6 is 0 Å². The zero-order chi connectivity index (χ0) is 10.5. The van der Waals surface area contributed by atoms with E-state index in [2.05, 4.69) is 42.2 Å². The zero-order valence-corrected chi connectivity index (χ0v) is 9.65. The van der Waals surface area contributed by atoms with E-state index >= 15 is 0 Å². The molecule has 0 aromatic heterocycles. The Labute approximate surface area is 93.1 Å². The maximum atomic E-state index is 2.52. The molecule has 1 heterocycles. The normalized spacial score (nSPS) is 18.1. The standard InChI is InChI=1S/C14H21N/c1-2-6-13-9-11-15(12-10-13)14-7-4-3-5-8-14/h3-5,7-8,13H,2,6,9-12H2,1H3. The molecule has 82 valence electrons. The van der Waals surface area contributed by atoms with Gasteiger partial charge in [0.25, 0.3) is 0 Å². The van der Waals surface area contributed by atoms with E-state index in [1.165, 1.54) is 44.5 Å². The first kappa shape index (κ1) is 10.5. The second-order valence-electron chi connectivity index (χ2n) is 4.55. The summed E-state index contributed by atoms with van der Waals surface area (Å²) in [4.78, 5) is 2.52. The fourth-order valence-electron chi connectivity index (χ4n) is 2.53. The van der Waals surface area contributed by atoms with Crippen LogP contribution in [0.5, 0.6) is 0 Å². The van der Waals surface area contributed by atoms with Crippen molar-refractivity contribution in [1.82, 2.24) is 0 Å². The van der Waals surface area contributed by atoms with Crippen molar-refractivity contribution in [3.8, 4) is 0 Å². The number of hydrogen-bond donors (Lipinski definition) is 0. The van der Waals surface area contributed by atoms with Crippen LogP contribution in [0.15, 0.2) is 30.3 Å². The van der Waals surface area contributed by atoms with Crippen LogP contribution in [-0.4, -0.2) is 13.1 Å². The number of benzene rings is 1. The number of rotatable bonds is 3. The average molecular weight is 203 g/mol. The van der Waals surface area contributed by atoms with Crippen molar-refractivity contribution in [1.29, 1.82) is 0 Å². The maximum Gasteiger partial charge on any atom is 0.0366 e. The van der Waals surface area contributed by atoms with Gasteiger partial charge in [-0.25, -0.2) is 0 Å². The minimum atomic E-state index is 0.981. The van der Waals surface area contributed by atoms with E-state index in [9.17, 15) is 0 Å². The quantitative estimate of drug-likeness (QED) is 0.724. The highest BCUT2D eigenvalue weighted by Gasteiger charge is 2.18. The van der Waals surface area contributed by atoms with Crippen LogP contribution in [0, 0.1) is 5.92 Å². The summed E-state index contributed by atoms with van der Waals surface area (Å²) >= 11 is 0. The molecule has 0 radical (unpaired) electrons. The molecular formula is C14H21N. The molecule has 1 aliphatic rings. The van der Waals surface area contributed by atoms with Crippen molar-refractivity contribution in [2.75, 3.05) is 18.0 Å². The summed E-state index contributed by atoms with van der Waals surface area (Å²) in [6, 6.07) is 10.8. The topological polar surface area (TPSA) is 3.24 Å². The Kier molecular flexibility index (Phi) is 3.65. The molecule has 0 atom stereocenters. The van der Waals surface area contributed by atoms with Gasteiger partial charge in [0.15, 0.2) is 0 Å². The molecular weight excluding hydrogens is 182 g/mol. The predicted octanol–water partition coefficient (Wildman–Crippen LogP) is 3.70. The first-order chi connectivity index (χ1) is 7.40. The van der Waals surface area contributed by atoms with Crippen molar-refractivity contribution in [2.45, 2.75) is 32.6 Å². The Morgan fingerprint density at radius 1 is 1.13 bits per heavy atom. The van der Waals surface area contributed by atoms with Gasteiger partial charge < -0.3 is 4.90 Å². The smallest absolute Gasteiger partial charge is 0.0366 e. The van der Waals surface area contributed by atoms with Crippen molar-refractivity contribution in [3.63, 3.8) is 0 Å². The van der Waals surface area contributed by atoms with Gasteiger partial charge in [-0.1, -0.05) is 38.0 Å². The molecule has 1 nitrogen and oxygen atoms in total. The van der Waals surface area contributed by atoms with E-state index < -0.39 is 0 Å². The molecule has 15 heavy (non-hydrogen) atoms. The molecule has 0 N–H and O–H groups in total. The first-order valence-electron chi connectivity index (χ1n) is 6.20. The first-order valence-corrected chi connectivity index (χ1v) is 6.20. The average Bonchev–Trinajstić information content (AvgIpc) is 2.32. The van der Waals surface area contributed by atoms with Crippen LogP contribution in [0.2, 0.25) is 0 Å². The fraction of sp³-hybridized carbons (Fsp3) is 0.571. The zero-order valence-electron chi connectivity index (χ0n) is 9.65. The molecule has 1 heteroatoms. The lowest BCUT2D eigenvalue weighted by atomic mass is 9.92. The summed E-state index contributed by atoms with van der Waals surface area (Å²) in [5, 5.41) is 0. The largest absolute Gasteiger partial charge is 0.372 e. The third-order valence-electron chi connectivity index (χ3n) is 3.43. The highest BCUT2D eigenvalue weighted by Crippen LogP contribution is 2.25. The Morgan fingerprint density at radius 2 is 1.80 bits per heavy atom. The highest BCUT2D eigenvalue weighted by atomic mass is 15.1. The van der Waals surface area contributed by atoms with Crippen molar-refractivity contribution in [3.05, 3.63) is 30.3 Å². The molecule has 0 spiro atoms. The summed E-state index contributed by atoms with van der Waals surface area (Å²) in [7, 11) is 0. The van der Waals surface area contributed by atoms with Gasteiger partial charge in [0.1, 0.15) is 0 Å². The SMILES string of the molecule is CCCC1CCN(c2ccccc2)CC1. The number of nitrogens with zero attached hydrogens (tertiary/aromatic N) is 1. The second-order valence-corrected chi connectivity index (χ2v) is 4.55. The summed E-state index contributed by atoms with van der Waals surface area (Å²) in [5.41, 5.74) is 1.40. The van der Waals surface area contributed by atoms with E-state index in [1.54, 1.807) is 0 Å². The van der Waals surface area contributed by atoms with Gasteiger partial charge in [-0.05, 0) is 30.9 Å². The van der Waals surface area contributed by atoms with E-state index in [4.69, 9.17) is 0 Å². The highest BCUT2D eigenvalue weighted by molar-refractivity contribution is 5.46. The number of piperidine rings is 1. The molecule has 0 saturated carbocycles. The molecule has 1 aliphatic heterocycles. The van der Waals surface area contributed by atoms with Gasteiger partial charge in [0, 0.05) is 18.8 Å². The molecule has 1 aromatic rings. The summed E-state index contributed by atoms with van der Waals surface area (Å²) in [5.74, 6) is 0.981. The van der Waals surface area contributed by atoms with Crippen LogP contribution in [0.1, 0.15) is 32.6 Å². The van der Waals surface area contributed by atoms with E-state index in [1.807, 2.05) is 0 Å². The van der Waals surface area contributed by atoms with Crippen LogP contribution in [-0.2, 0) is 0 Å². The minimum absolute atomic E-state index is 0.981. The van der Waals surface area contributed by atoms with Crippen LogP contribution in [0.25, 0.3) is 0 Å².